The maximum absolute atomic E-state index is 11.6. The molecule has 0 aliphatic carbocycles. The molecule has 4 rings (SSSR count). The van der Waals surface area contributed by atoms with Gasteiger partial charge in [0.2, 0.25) is 5.91 Å². The van der Waals surface area contributed by atoms with E-state index in [-0.39, 0.29) is 11.9 Å². The molecule has 3 aromatic rings. The number of nitrogens with two attached hydrogens (primary N) is 1. The van der Waals surface area contributed by atoms with E-state index in [9.17, 15) is 4.79 Å². The Labute approximate surface area is 152 Å². The summed E-state index contributed by atoms with van der Waals surface area (Å²) in [6.07, 6.45) is 1.87. The summed E-state index contributed by atoms with van der Waals surface area (Å²) in [5, 5.41) is 1.05. The van der Waals surface area contributed by atoms with Crippen molar-refractivity contribution in [2.24, 2.45) is 5.73 Å². The second kappa shape index (κ2) is 6.84. The molecule has 2 heterocycles. The Bertz CT molecular complexity index is 947. The van der Waals surface area contributed by atoms with Crippen molar-refractivity contribution in [1.29, 1.82) is 0 Å². The Morgan fingerprint density at radius 1 is 1.27 bits per heavy atom. The molecule has 1 aliphatic heterocycles. The maximum atomic E-state index is 11.6. The molecule has 2 N–H and O–H groups in total. The summed E-state index contributed by atoms with van der Waals surface area (Å²) in [6, 6.07) is 15.9. The molecule has 1 fully saturated rings. The quantitative estimate of drug-likeness (QED) is 0.764. The SMILES string of the molecule is COc1cccc(-c2cc3cc(CN4CCC[C@H]4C(N)=O)ccc3o2)c1. The standard InChI is InChI=1S/C21H22N2O3/c1-25-17-5-2-4-15(11-17)20-12-16-10-14(7-8-19(16)26-20)13-23-9-3-6-18(23)21(22)24/h2,4-5,7-8,10-12,18H,3,6,9,13H2,1H3,(H2,22,24)/t18-/m0/s1. The number of primary amides is 1. The van der Waals surface area contributed by atoms with Crippen molar-refractivity contribution in [2.45, 2.75) is 25.4 Å². The monoisotopic (exact) mass is 350 g/mol. The van der Waals surface area contributed by atoms with Gasteiger partial charge in [-0.25, -0.2) is 0 Å². The van der Waals surface area contributed by atoms with Crippen LogP contribution in [0.2, 0.25) is 0 Å². The highest BCUT2D eigenvalue weighted by atomic mass is 16.5. The number of hydrogen-bond acceptors (Lipinski definition) is 4. The summed E-state index contributed by atoms with van der Waals surface area (Å²) < 4.78 is 11.3. The first-order valence-electron chi connectivity index (χ1n) is 8.84. The molecule has 1 saturated heterocycles. The predicted molar refractivity (Wildman–Crippen MR) is 101 cm³/mol. The van der Waals surface area contributed by atoms with Crippen LogP contribution >= 0.6 is 0 Å². The maximum Gasteiger partial charge on any atom is 0.234 e. The highest BCUT2D eigenvalue weighted by Crippen LogP contribution is 2.31. The van der Waals surface area contributed by atoms with Crippen LogP contribution in [0.3, 0.4) is 0 Å². The third-order valence-corrected chi connectivity index (χ3v) is 5.01. The van der Waals surface area contributed by atoms with Crippen LogP contribution in [0.15, 0.2) is 52.9 Å². The minimum atomic E-state index is -0.229. The molecule has 0 unspecified atom stereocenters. The van der Waals surface area contributed by atoms with Gasteiger partial charge in [0, 0.05) is 17.5 Å². The van der Waals surface area contributed by atoms with Gasteiger partial charge >= 0.3 is 0 Å². The smallest absolute Gasteiger partial charge is 0.234 e. The van der Waals surface area contributed by atoms with Gasteiger partial charge in [-0.3, -0.25) is 9.69 Å². The van der Waals surface area contributed by atoms with Crippen LogP contribution in [-0.2, 0) is 11.3 Å². The zero-order valence-electron chi connectivity index (χ0n) is 14.8. The zero-order valence-corrected chi connectivity index (χ0v) is 14.8. The minimum absolute atomic E-state index is 0.151. The summed E-state index contributed by atoms with van der Waals surface area (Å²) in [5.41, 5.74) is 8.50. The van der Waals surface area contributed by atoms with Crippen LogP contribution in [-0.4, -0.2) is 30.5 Å². The van der Waals surface area contributed by atoms with E-state index in [0.717, 1.165) is 59.5 Å². The van der Waals surface area contributed by atoms with Crippen LogP contribution in [0.5, 0.6) is 5.75 Å². The van der Waals surface area contributed by atoms with Crippen molar-refractivity contribution < 1.29 is 13.9 Å². The van der Waals surface area contributed by atoms with E-state index in [1.807, 2.05) is 36.4 Å². The first kappa shape index (κ1) is 16.7. The number of carbonyl (C=O) groups is 1. The summed E-state index contributed by atoms with van der Waals surface area (Å²) in [6.45, 7) is 1.63. The summed E-state index contributed by atoms with van der Waals surface area (Å²) in [4.78, 5) is 13.7. The lowest BCUT2D eigenvalue weighted by molar-refractivity contribution is -0.122. The Morgan fingerprint density at radius 2 is 2.15 bits per heavy atom. The molecule has 0 radical (unpaired) electrons. The number of methoxy groups -OCH3 is 1. The topological polar surface area (TPSA) is 68.7 Å². The number of amides is 1. The molecule has 1 amide bonds. The minimum Gasteiger partial charge on any atom is -0.497 e. The fourth-order valence-corrected chi connectivity index (χ4v) is 3.68. The average molecular weight is 350 g/mol. The lowest BCUT2D eigenvalue weighted by atomic mass is 10.1. The second-order valence-electron chi connectivity index (χ2n) is 6.75. The van der Waals surface area contributed by atoms with Gasteiger partial charge in [0.25, 0.3) is 0 Å². The highest BCUT2D eigenvalue weighted by molar-refractivity contribution is 5.84. The molecule has 26 heavy (non-hydrogen) atoms. The molecule has 1 aromatic heterocycles. The number of rotatable bonds is 5. The molecule has 5 heteroatoms. The number of furan rings is 1. The van der Waals surface area contributed by atoms with Crippen molar-refractivity contribution >= 4 is 16.9 Å². The molecule has 0 saturated carbocycles. The molecule has 0 spiro atoms. The lowest BCUT2D eigenvalue weighted by Crippen LogP contribution is -2.39. The number of likely N-dealkylation sites (tertiary alicyclic amines) is 1. The Balaban J connectivity index is 1.60. The Hall–Kier alpha value is -2.79. The van der Waals surface area contributed by atoms with Gasteiger partial charge in [0.05, 0.1) is 13.2 Å². The van der Waals surface area contributed by atoms with Crippen LogP contribution in [0.4, 0.5) is 0 Å². The van der Waals surface area contributed by atoms with Crippen LogP contribution < -0.4 is 10.5 Å². The second-order valence-corrected chi connectivity index (χ2v) is 6.75. The number of hydrogen-bond donors (Lipinski definition) is 1. The van der Waals surface area contributed by atoms with Crippen LogP contribution in [0.25, 0.3) is 22.3 Å². The molecule has 1 atom stereocenters. The van der Waals surface area contributed by atoms with E-state index in [1.165, 1.54) is 0 Å². The molecule has 1 aliphatic rings. The van der Waals surface area contributed by atoms with Crippen molar-refractivity contribution in [1.82, 2.24) is 4.90 Å². The van der Waals surface area contributed by atoms with Gasteiger partial charge in [-0.2, -0.15) is 0 Å². The fourth-order valence-electron chi connectivity index (χ4n) is 3.68. The third kappa shape index (κ3) is 3.18. The van der Waals surface area contributed by atoms with E-state index in [2.05, 4.69) is 17.0 Å². The van der Waals surface area contributed by atoms with E-state index in [4.69, 9.17) is 14.9 Å². The van der Waals surface area contributed by atoms with Gasteiger partial charge in [-0.05, 0) is 55.3 Å². The van der Waals surface area contributed by atoms with E-state index in [0.29, 0.717) is 0 Å². The first-order valence-corrected chi connectivity index (χ1v) is 8.84. The average Bonchev–Trinajstić information content (AvgIpc) is 3.28. The third-order valence-electron chi connectivity index (χ3n) is 5.01. The number of carbonyl (C=O) groups excluding carboxylic acids is 1. The van der Waals surface area contributed by atoms with E-state index < -0.39 is 0 Å². The van der Waals surface area contributed by atoms with E-state index in [1.54, 1.807) is 7.11 Å². The van der Waals surface area contributed by atoms with Gasteiger partial charge in [-0.15, -0.1) is 0 Å². The predicted octanol–water partition coefficient (Wildman–Crippen LogP) is 3.56. The molecular weight excluding hydrogens is 328 g/mol. The number of benzene rings is 2. The van der Waals surface area contributed by atoms with Crippen LogP contribution in [0.1, 0.15) is 18.4 Å². The Morgan fingerprint density at radius 3 is 2.96 bits per heavy atom. The van der Waals surface area contributed by atoms with E-state index >= 15 is 0 Å². The number of nitrogens with zero attached hydrogens (tertiary/aromatic N) is 1. The van der Waals surface area contributed by atoms with Gasteiger partial charge in [0.1, 0.15) is 17.1 Å². The van der Waals surface area contributed by atoms with Gasteiger partial charge < -0.3 is 14.9 Å². The van der Waals surface area contributed by atoms with Crippen molar-refractivity contribution in [3.63, 3.8) is 0 Å². The fraction of sp³-hybridized carbons (Fsp3) is 0.286. The van der Waals surface area contributed by atoms with Crippen molar-refractivity contribution in [3.8, 4) is 17.1 Å². The first-order chi connectivity index (χ1) is 12.6. The highest BCUT2D eigenvalue weighted by Gasteiger charge is 2.28. The lowest BCUT2D eigenvalue weighted by Gasteiger charge is -2.21. The molecule has 5 nitrogen and oxygen atoms in total. The Kier molecular flexibility index (Phi) is 4.39. The number of ether oxygens (including phenoxy) is 1. The molecule has 0 bridgehead atoms. The molecule has 2 aromatic carbocycles. The van der Waals surface area contributed by atoms with Gasteiger partial charge in [0.15, 0.2) is 0 Å². The zero-order chi connectivity index (χ0) is 18.1. The van der Waals surface area contributed by atoms with Crippen LogP contribution in [0, 0.1) is 0 Å². The van der Waals surface area contributed by atoms with Gasteiger partial charge in [-0.1, -0.05) is 18.2 Å². The van der Waals surface area contributed by atoms with Crippen molar-refractivity contribution in [2.75, 3.05) is 13.7 Å². The largest absolute Gasteiger partial charge is 0.497 e. The molecular formula is C21H22N2O3. The number of fused-ring (bicyclic) bond motifs is 1. The summed E-state index contributed by atoms with van der Waals surface area (Å²) >= 11 is 0. The summed E-state index contributed by atoms with van der Waals surface area (Å²) in [7, 11) is 1.65. The molecule has 134 valence electrons. The summed E-state index contributed by atoms with van der Waals surface area (Å²) in [5.74, 6) is 1.38. The van der Waals surface area contributed by atoms with Crippen molar-refractivity contribution in [3.05, 3.63) is 54.1 Å². The normalized spacial score (nSPS) is 17.7.